The number of allylic oxidation sites excluding steroid dienone is 1. The van der Waals surface area contributed by atoms with Crippen molar-refractivity contribution in [1.82, 2.24) is 5.43 Å². The molecule has 26 heavy (non-hydrogen) atoms. The lowest BCUT2D eigenvalue weighted by Gasteiger charge is -2.19. The number of carbonyl (C=O) groups excluding carboxylic acids is 1. The number of hydrazone groups is 1. The Bertz CT molecular complexity index is 763. The summed E-state index contributed by atoms with van der Waals surface area (Å²) in [5.41, 5.74) is 6.22. The van der Waals surface area contributed by atoms with Crippen LogP contribution in [-0.2, 0) is 10.5 Å². The minimum atomic E-state index is -0.125. The largest absolute Gasteiger partial charge is 0.313 e. The first kappa shape index (κ1) is 22.0. The van der Waals surface area contributed by atoms with E-state index in [0.717, 1.165) is 27.4 Å². The molecule has 7 heteroatoms. The molecule has 0 saturated carbocycles. The van der Waals surface area contributed by atoms with Crippen LogP contribution in [0.15, 0.2) is 38.8 Å². The van der Waals surface area contributed by atoms with Gasteiger partial charge in [-0.15, -0.1) is 0 Å². The van der Waals surface area contributed by atoms with Gasteiger partial charge in [-0.2, -0.15) is 10.4 Å². The molecule has 138 valence electrons. The van der Waals surface area contributed by atoms with Crippen LogP contribution in [0.25, 0.3) is 0 Å². The minimum Gasteiger partial charge on any atom is -0.313 e. The minimum absolute atomic E-state index is 0.125. The van der Waals surface area contributed by atoms with Crippen LogP contribution in [0.5, 0.6) is 0 Å². The number of hydrogen-bond donors (Lipinski definition) is 1. The van der Waals surface area contributed by atoms with Gasteiger partial charge in [0.25, 0.3) is 0 Å². The van der Waals surface area contributed by atoms with E-state index in [2.05, 4.69) is 21.6 Å². The lowest BCUT2D eigenvalue weighted by Crippen LogP contribution is -2.15. The molecular weight excluding hydrogens is 364 g/mol. The Balaban J connectivity index is 0.00000163. The summed E-state index contributed by atoms with van der Waals surface area (Å²) in [6.45, 7) is 7.91. The summed E-state index contributed by atoms with van der Waals surface area (Å²) in [5, 5.41) is 13.2. The highest BCUT2D eigenvalue weighted by Gasteiger charge is 2.21. The summed E-state index contributed by atoms with van der Waals surface area (Å²) in [6, 6.07) is 7.96. The summed E-state index contributed by atoms with van der Waals surface area (Å²) in [6.07, 6.45) is 2.49. The summed E-state index contributed by atoms with van der Waals surface area (Å²) in [7, 11) is 1.71. The van der Waals surface area contributed by atoms with E-state index in [4.69, 9.17) is 0 Å². The van der Waals surface area contributed by atoms with Crippen LogP contribution in [0, 0.1) is 18.3 Å². The molecule has 1 unspecified atom stereocenters. The average molecular weight is 389 g/mol. The van der Waals surface area contributed by atoms with Crippen molar-refractivity contribution in [2.75, 3.05) is 7.05 Å². The number of benzene rings is 1. The Morgan fingerprint density at radius 2 is 2.19 bits per heavy atom. The van der Waals surface area contributed by atoms with Crippen molar-refractivity contribution in [1.29, 1.82) is 5.26 Å². The molecule has 0 bridgehead atoms. The van der Waals surface area contributed by atoms with Gasteiger partial charge in [-0.05, 0) is 31.0 Å². The van der Waals surface area contributed by atoms with Crippen LogP contribution in [0.1, 0.15) is 37.5 Å². The van der Waals surface area contributed by atoms with Gasteiger partial charge in [0.15, 0.2) is 6.29 Å². The molecule has 0 saturated heterocycles. The third-order valence-corrected chi connectivity index (χ3v) is 5.65. The summed E-state index contributed by atoms with van der Waals surface area (Å²) in [4.78, 5) is 16.6. The van der Waals surface area contributed by atoms with Crippen molar-refractivity contribution >= 4 is 40.4 Å². The van der Waals surface area contributed by atoms with Gasteiger partial charge in [0.2, 0.25) is 0 Å². The summed E-state index contributed by atoms with van der Waals surface area (Å²) >= 11 is 2.90. The van der Waals surface area contributed by atoms with Gasteiger partial charge in [-0.1, -0.05) is 49.5 Å². The van der Waals surface area contributed by atoms with Crippen molar-refractivity contribution in [2.24, 2.45) is 10.1 Å². The Kier molecular flexibility index (Phi) is 9.78. The second kappa shape index (κ2) is 11.6. The number of aldehydes is 1. The Morgan fingerprint density at radius 3 is 2.81 bits per heavy atom. The third-order valence-electron chi connectivity index (χ3n) is 3.41. The van der Waals surface area contributed by atoms with Gasteiger partial charge in [-0.3, -0.25) is 9.79 Å². The van der Waals surface area contributed by atoms with Gasteiger partial charge in [0, 0.05) is 18.4 Å². The molecule has 0 aliphatic carbocycles. The third kappa shape index (κ3) is 6.04. The highest BCUT2D eigenvalue weighted by atomic mass is 32.2. The molecule has 1 heterocycles. The monoisotopic (exact) mass is 388 g/mol. The molecule has 1 aliphatic heterocycles. The van der Waals surface area contributed by atoms with Crippen molar-refractivity contribution in [2.45, 2.75) is 39.5 Å². The maximum atomic E-state index is 11.4. The second-order valence-corrected chi connectivity index (χ2v) is 7.41. The van der Waals surface area contributed by atoms with Gasteiger partial charge in [-0.25, -0.2) is 0 Å². The van der Waals surface area contributed by atoms with E-state index in [1.54, 1.807) is 25.0 Å². The van der Waals surface area contributed by atoms with E-state index in [1.807, 2.05) is 45.9 Å². The number of aryl methyl sites for hydroxylation is 1. The number of carbonyl (C=O) groups is 1. The first-order valence-electron chi connectivity index (χ1n) is 8.36. The van der Waals surface area contributed by atoms with E-state index in [9.17, 15) is 10.1 Å². The normalized spacial score (nSPS) is 16.5. The lowest BCUT2D eigenvalue weighted by molar-refractivity contribution is -0.104. The number of nitriles is 1. The first-order chi connectivity index (χ1) is 12.6. The Hall–Kier alpha value is -2.04. The van der Waals surface area contributed by atoms with Crippen LogP contribution in [0.2, 0.25) is 0 Å². The van der Waals surface area contributed by atoms with E-state index in [-0.39, 0.29) is 6.04 Å². The van der Waals surface area contributed by atoms with E-state index >= 15 is 0 Å². The topological polar surface area (TPSA) is 77.6 Å². The zero-order valence-electron chi connectivity index (χ0n) is 15.7. The van der Waals surface area contributed by atoms with Crippen molar-refractivity contribution < 1.29 is 4.79 Å². The van der Waals surface area contributed by atoms with E-state index in [1.165, 1.54) is 11.8 Å². The van der Waals surface area contributed by atoms with E-state index < -0.39 is 0 Å². The molecule has 1 N–H and O–H groups in total. The molecule has 1 aromatic carbocycles. The highest BCUT2D eigenvalue weighted by Crippen LogP contribution is 2.34. The summed E-state index contributed by atoms with van der Waals surface area (Å²) in [5.74, 6) is 0.647. The number of thioether (sulfide) groups is 2. The standard InChI is InChI=1S/C17H18N4OS2.C2H6/c1-11-4-5-13(14(6-11)7-18)10-23-17-21-12(2)15(8-20-19-3)16(9-22)24-17;1-2/h4-6,8-9,12,19H,10H2,1-3H3;1-2H3/b20-8-;. The second-order valence-electron chi connectivity index (χ2n) is 5.15. The molecular formula is C19H24N4OS2. The smallest absolute Gasteiger partial charge is 0.157 e. The number of nitrogens with one attached hydrogen (secondary N) is 1. The fraction of sp³-hybridized carbons (Fsp3) is 0.368. The van der Waals surface area contributed by atoms with Crippen molar-refractivity contribution in [3.8, 4) is 6.07 Å². The van der Waals surface area contributed by atoms with Crippen molar-refractivity contribution in [3.63, 3.8) is 0 Å². The molecule has 0 radical (unpaired) electrons. The van der Waals surface area contributed by atoms with Crippen LogP contribution in [0.4, 0.5) is 0 Å². The summed E-state index contributed by atoms with van der Waals surface area (Å²) < 4.78 is 0.829. The molecule has 1 aliphatic rings. The molecule has 0 spiro atoms. The lowest BCUT2D eigenvalue weighted by atomic mass is 10.1. The van der Waals surface area contributed by atoms with Crippen LogP contribution >= 0.6 is 23.5 Å². The fourth-order valence-corrected chi connectivity index (χ4v) is 4.37. The first-order valence-corrected chi connectivity index (χ1v) is 10.2. The van der Waals surface area contributed by atoms with Gasteiger partial charge in [0.1, 0.15) is 4.38 Å². The quantitative estimate of drug-likeness (QED) is 0.463. The SMILES string of the molecule is CC.CN/N=C\C1=C(C=O)SC(SCc2ccc(C)cc2C#N)=NC1C. The van der Waals surface area contributed by atoms with Crippen molar-refractivity contribution in [3.05, 3.63) is 45.4 Å². The van der Waals surface area contributed by atoms with Gasteiger partial charge in [0.05, 0.1) is 28.8 Å². The van der Waals surface area contributed by atoms with Gasteiger partial charge < -0.3 is 5.43 Å². The predicted octanol–water partition coefficient (Wildman–Crippen LogP) is 4.28. The fourth-order valence-electron chi connectivity index (χ4n) is 2.14. The molecule has 0 fully saturated rings. The molecule has 0 amide bonds. The van der Waals surface area contributed by atoms with Crippen LogP contribution < -0.4 is 5.43 Å². The number of aliphatic imine (C=N–C) groups is 1. The predicted molar refractivity (Wildman–Crippen MR) is 114 cm³/mol. The molecule has 0 aromatic heterocycles. The maximum absolute atomic E-state index is 11.4. The highest BCUT2D eigenvalue weighted by molar-refractivity contribution is 8.40. The molecule has 1 aromatic rings. The average Bonchev–Trinajstić information content (AvgIpc) is 2.67. The zero-order valence-corrected chi connectivity index (χ0v) is 17.4. The Morgan fingerprint density at radius 1 is 1.46 bits per heavy atom. The van der Waals surface area contributed by atoms with Crippen LogP contribution in [-0.4, -0.2) is 30.0 Å². The number of rotatable bonds is 5. The number of nitrogens with zero attached hydrogens (tertiary/aromatic N) is 3. The zero-order chi connectivity index (χ0) is 19.5. The molecule has 1 atom stereocenters. The molecule has 2 rings (SSSR count). The van der Waals surface area contributed by atoms with E-state index in [0.29, 0.717) is 16.2 Å². The Labute approximate surface area is 164 Å². The van der Waals surface area contributed by atoms with Gasteiger partial charge >= 0.3 is 0 Å². The molecule has 5 nitrogen and oxygen atoms in total. The maximum Gasteiger partial charge on any atom is 0.157 e. The number of hydrogen-bond acceptors (Lipinski definition) is 7. The van der Waals surface area contributed by atoms with Crippen LogP contribution in [0.3, 0.4) is 0 Å².